The largest absolute Gasteiger partial charge is 0.465 e. The summed E-state index contributed by atoms with van der Waals surface area (Å²) in [6.45, 7) is 0.895. The number of halogens is 1. The topological polar surface area (TPSA) is 52.6 Å². The zero-order valence-electron chi connectivity index (χ0n) is 10.6. The summed E-state index contributed by atoms with van der Waals surface area (Å²) in [6.07, 6.45) is 1.44. The first-order valence-electron chi connectivity index (χ1n) is 6.28. The standard InChI is InChI=1S/C14H17FN2O2/c15-12-6-7-13(8-16-14(18)19)17(10-12)9-11-4-2-1-3-5-11/h1-5,10,13,16H,6-9H2,(H,18,19). The second-order valence-electron chi connectivity index (χ2n) is 4.61. The molecule has 1 aliphatic rings. The van der Waals surface area contributed by atoms with E-state index in [1.807, 2.05) is 35.2 Å². The fourth-order valence-corrected chi connectivity index (χ4v) is 2.21. The van der Waals surface area contributed by atoms with Gasteiger partial charge in [0.25, 0.3) is 0 Å². The molecule has 0 saturated heterocycles. The van der Waals surface area contributed by atoms with Crippen LogP contribution in [0.1, 0.15) is 18.4 Å². The number of benzene rings is 1. The lowest BCUT2D eigenvalue weighted by Crippen LogP contribution is -2.42. The second kappa shape index (κ2) is 6.22. The number of allylic oxidation sites excluding steroid dienone is 1. The Morgan fingerprint density at radius 2 is 2.16 bits per heavy atom. The lowest BCUT2D eigenvalue weighted by molar-refractivity contribution is 0.180. The second-order valence-corrected chi connectivity index (χ2v) is 4.61. The van der Waals surface area contributed by atoms with Crippen molar-refractivity contribution in [3.8, 4) is 0 Å². The summed E-state index contributed by atoms with van der Waals surface area (Å²) in [6, 6.07) is 9.74. The van der Waals surface area contributed by atoms with E-state index in [9.17, 15) is 9.18 Å². The van der Waals surface area contributed by atoms with Gasteiger partial charge >= 0.3 is 6.09 Å². The van der Waals surface area contributed by atoms with E-state index in [-0.39, 0.29) is 11.9 Å². The highest BCUT2D eigenvalue weighted by Gasteiger charge is 2.22. The molecule has 1 unspecified atom stereocenters. The maximum absolute atomic E-state index is 13.4. The Balaban J connectivity index is 2.04. The molecule has 2 N–H and O–H groups in total. The maximum Gasteiger partial charge on any atom is 0.404 e. The average molecular weight is 264 g/mol. The summed E-state index contributed by atoms with van der Waals surface area (Å²) >= 11 is 0. The predicted molar refractivity (Wildman–Crippen MR) is 70.2 cm³/mol. The van der Waals surface area contributed by atoms with Gasteiger partial charge in [0.2, 0.25) is 0 Å². The molecule has 0 aromatic heterocycles. The summed E-state index contributed by atoms with van der Waals surface area (Å²) in [5.74, 6) is -0.150. The van der Waals surface area contributed by atoms with Crippen molar-refractivity contribution < 1.29 is 14.3 Å². The van der Waals surface area contributed by atoms with Crippen LogP contribution in [0.4, 0.5) is 9.18 Å². The van der Waals surface area contributed by atoms with Gasteiger partial charge in [0.05, 0.1) is 0 Å². The average Bonchev–Trinajstić information content (AvgIpc) is 2.39. The molecule has 102 valence electrons. The molecular weight excluding hydrogens is 247 g/mol. The quantitative estimate of drug-likeness (QED) is 0.879. The Labute approximate surface area is 111 Å². The molecule has 0 aliphatic carbocycles. The van der Waals surface area contributed by atoms with Crippen LogP contribution in [0.25, 0.3) is 0 Å². The Hall–Kier alpha value is -2.04. The molecule has 1 aromatic rings. The maximum atomic E-state index is 13.4. The highest BCUT2D eigenvalue weighted by molar-refractivity contribution is 5.64. The van der Waals surface area contributed by atoms with Crippen LogP contribution >= 0.6 is 0 Å². The zero-order valence-corrected chi connectivity index (χ0v) is 10.6. The van der Waals surface area contributed by atoms with Crippen LogP contribution in [-0.2, 0) is 6.54 Å². The van der Waals surface area contributed by atoms with E-state index in [1.165, 1.54) is 6.20 Å². The monoisotopic (exact) mass is 264 g/mol. The van der Waals surface area contributed by atoms with Crippen molar-refractivity contribution in [3.63, 3.8) is 0 Å². The molecule has 0 fully saturated rings. The van der Waals surface area contributed by atoms with Crippen LogP contribution < -0.4 is 5.32 Å². The van der Waals surface area contributed by atoms with Crippen molar-refractivity contribution in [2.45, 2.75) is 25.4 Å². The first-order valence-corrected chi connectivity index (χ1v) is 6.28. The molecule has 4 nitrogen and oxygen atoms in total. The third-order valence-corrected chi connectivity index (χ3v) is 3.19. The van der Waals surface area contributed by atoms with Crippen LogP contribution in [0.3, 0.4) is 0 Å². The van der Waals surface area contributed by atoms with E-state index in [4.69, 9.17) is 5.11 Å². The van der Waals surface area contributed by atoms with Gasteiger partial charge in [-0.15, -0.1) is 0 Å². The highest BCUT2D eigenvalue weighted by atomic mass is 19.1. The molecule has 1 aliphatic heterocycles. The molecule has 0 spiro atoms. The summed E-state index contributed by atoms with van der Waals surface area (Å²) in [7, 11) is 0. The van der Waals surface area contributed by atoms with Crippen LogP contribution in [0.5, 0.6) is 0 Å². The molecule has 2 rings (SSSR count). The predicted octanol–water partition coefficient (Wildman–Crippen LogP) is 2.73. The van der Waals surface area contributed by atoms with E-state index in [0.29, 0.717) is 25.9 Å². The van der Waals surface area contributed by atoms with E-state index in [0.717, 1.165) is 5.56 Å². The third kappa shape index (κ3) is 3.98. The van der Waals surface area contributed by atoms with Gasteiger partial charge < -0.3 is 15.3 Å². The Morgan fingerprint density at radius 3 is 2.84 bits per heavy atom. The van der Waals surface area contributed by atoms with Gasteiger partial charge in [0.15, 0.2) is 0 Å². The van der Waals surface area contributed by atoms with Crippen LogP contribution in [0.15, 0.2) is 42.4 Å². The van der Waals surface area contributed by atoms with Crippen molar-refractivity contribution in [1.29, 1.82) is 0 Å². The van der Waals surface area contributed by atoms with E-state index in [2.05, 4.69) is 5.32 Å². The van der Waals surface area contributed by atoms with Gasteiger partial charge in [-0.2, -0.15) is 0 Å². The zero-order chi connectivity index (χ0) is 13.7. The summed E-state index contributed by atoms with van der Waals surface area (Å²) in [5.41, 5.74) is 1.08. The van der Waals surface area contributed by atoms with Crippen molar-refractivity contribution in [2.75, 3.05) is 6.54 Å². The smallest absolute Gasteiger partial charge is 0.404 e. The summed E-state index contributed by atoms with van der Waals surface area (Å²) in [4.78, 5) is 12.4. The molecule has 1 atom stereocenters. The number of carboxylic acid groups (broad SMARTS) is 1. The summed E-state index contributed by atoms with van der Waals surface area (Å²) < 4.78 is 13.4. The lowest BCUT2D eigenvalue weighted by atomic mass is 10.0. The van der Waals surface area contributed by atoms with E-state index >= 15 is 0 Å². The minimum absolute atomic E-state index is 0.00388. The Kier molecular flexibility index (Phi) is 4.39. The first kappa shape index (κ1) is 13.4. The van der Waals surface area contributed by atoms with Gasteiger partial charge in [-0.3, -0.25) is 0 Å². The fraction of sp³-hybridized carbons (Fsp3) is 0.357. The van der Waals surface area contributed by atoms with Gasteiger partial charge in [-0.05, 0) is 12.0 Å². The number of amides is 1. The van der Waals surface area contributed by atoms with Gasteiger partial charge in [0, 0.05) is 31.8 Å². The fourth-order valence-electron chi connectivity index (χ4n) is 2.21. The molecule has 1 amide bonds. The van der Waals surface area contributed by atoms with E-state index < -0.39 is 6.09 Å². The van der Waals surface area contributed by atoms with Crippen molar-refractivity contribution >= 4 is 6.09 Å². The SMILES string of the molecule is O=C(O)NCC1CCC(F)=CN1Cc1ccccc1. The number of carbonyl (C=O) groups is 1. The highest BCUT2D eigenvalue weighted by Crippen LogP contribution is 2.23. The van der Waals surface area contributed by atoms with Crippen molar-refractivity contribution in [3.05, 3.63) is 47.9 Å². The number of hydrogen-bond donors (Lipinski definition) is 2. The van der Waals surface area contributed by atoms with Crippen LogP contribution in [0, 0.1) is 0 Å². The normalized spacial score (nSPS) is 18.9. The van der Waals surface area contributed by atoms with Gasteiger partial charge in [-0.1, -0.05) is 30.3 Å². The van der Waals surface area contributed by atoms with Gasteiger partial charge in [-0.25, -0.2) is 9.18 Å². The number of nitrogens with zero attached hydrogens (tertiary/aromatic N) is 1. The molecule has 1 aromatic carbocycles. The molecule has 19 heavy (non-hydrogen) atoms. The number of nitrogens with one attached hydrogen (secondary N) is 1. The lowest BCUT2D eigenvalue weighted by Gasteiger charge is -2.33. The Morgan fingerprint density at radius 1 is 1.42 bits per heavy atom. The number of rotatable bonds is 4. The molecule has 0 radical (unpaired) electrons. The minimum Gasteiger partial charge on any atom is -0.465 e. The van der Waals surface area contributed by atoms with Crippen LogP contribution in [0.2, 0.25) is 0 Å². The van der Waals surface area contributed by atoms with Gasteiger partial charge in [0.1, 0.15) is 5.83 Å². The molecule has 1 heterocycles. The molecule has 0 saturated carbocycles. The van der Waals surface area contributed by atoms with Crippen molar-refractivity contribution in [2.24, 2.45) is 0 Å². The Bertz CT molecular complexity index is 462. The number of hydrogen-bond acceptors (Lipinski definition) is 2. The van der Waals surface area contributed by atoms with E-state index in [1.54, 1.807) is 0 Å². The minimum atomic E-state index is -1.05. The molecule has 0 bridgehead atoms. The van der Waals surface area contributed by atoms with Crippen molar-refractivity contribution in [1.82, 2.24) is 10.2 Å². The summed E-state index contributed by atoms with van der Waals surface area (Å²) in [5, 5.41) is 11.0. The molecule has 5 heteroatoms. The van der Waals surface area contributed by atoms with Crippen LogP contribution in [-0.4, -0.2) is 28.7 Å². The molecular formula is C14H17FN2O2. The first-order chi connectivity index (χ1) is 9.15. The third-order valence-electron chi connectivity index (χ3n) is 3.19.